The third-order valence-corrected chi connectivity index (χ3v) is 4.82. The van der Waals surface area contributed by atoms with Crippen LogP contribution in [0.25, 0.3) is 11.4 Å². The van der Waals surface area contributed by atoms with Crippen LogP contribution in [-0.4, -0.2) is 47.4 Å². The van der Waals surface area contributed by atoms with E-state index >= 15 is 0 Å². The second kappa shape index (κ2) is 9.30. The molecule has 0 saturated heterocycles. The molecule has 0 saturated carbocycles. The fourth-order valence-corrected chi connectivity index (χ4v) is 3.31. The summed E-state index contributed by atoms with van der Waals surface area (Å²) in [5.41, 5.74) is 2.17. The van der Waals surface area contributed by atoms with Crippen LogP contribution in [0.2, 0.25) is 0 Å². The second-order valence-corrected chi connectivity index (χ2v) is 6.96. The highest BCUT2D eigenvalue weighted by molar-refractivity contribution is 5.79. The number of ether oxygens (including phenoxy) is 2. The summed E-state index contributed by atoms with van der Waals surface area (Å²) >= 11 is 0. The van der Waals surface area contributed by atoms with Crippen LogP contribution >= 0.6 is 0 Å². The summed E-state index contributed by atoms with van der Waals surface area (Å²) in [5, 5.41) is 13.9. The largest absolute Gasteiger partial charge is 0.497 e. The summed E-state index contributed by atoms with van der Waals surface area (Å²) < 4.78 is 11.2. The van der Waals surface area contributed by atoms with Gasteiger partial charge in [-0.15, -0.1) is 0 Å². The fourth-order valence-electron chi connectivity index (χ4n) is 3.31. The Balaban J connectivity index is 1.34. The van der Waals surface area contributed by atoms with E-state index < -0.39 is 0 Å². The van der Waals surface area contributed by atoms with Crippen molar-refractivity contribution < 1.29 is 9.47 Å². The van der Waals surface area contributed by atoms with Gasteiger partial charge in [-0.2, -0.15) is 5.10 Å². The molecule has 0 amide bonds. The maximum Gasteiger partial charge on any atom is 0.191 e. The van der Waals surface area contributed by atoms with Gasteiger partial charge in [0.25, 0.3) is 0 Å². The Kier molecular flexibility index (Phi) is 6.12. The number of aromatic nitrogens is 3. The van der Waals surface area contributed by atoms with Crippen molar-refractivity contribution in [3.63, 3.8) is 0 Å². The number of methoxy groups -OCH3 is 1. The van der Waals surface area contributed by atoms with Gasteiger partial charge in [-0.3, -0.25) is 5.10 Å². The summed E-state index contributed by atoms with van der Waals surface area (Å²) in [6.07, 6.45) is 0.994. The molecule has 156 valence electrons. The van der Waals surface area contributed by atoms with Crippen molar-refractivity contribution in [1.82, 2.24) is 25.8 Å². The third kappa shape index (κ3) is 4.71. The standard InChI is InChI=1S/C22H26N6O2/c1-3-23-22(24-13-18-12-16-6-4-5-7-19(16)30-18)25-14-20-26-21(28-27-20)15-8-10-17(29-2)11-9-15/h4-11,18H,3,12-14H2,1-2H3,(H2,23,24,25)(H,26,27,28). The molecule has 0 bridgehead atoms. The Bertz CT molecular complexity index is 974. The lowest BCUT2D eigenvalue weighted by molar-refractivity contribution is 0.235. The highest BCUT2D eigenvalue weighted by atomic mass is 16.5. The molecular formula is C22H26N6O2. The minimum absolute atomic E-state index is 0.0956. The van der Waals surface area contributed by atoms with Crippen LogP contribution in [-0.2, 0) is 13.0 Å². The van der Waals surface area contributed by atoms with E-state index in [1.807, 2.05) is 49.4 Å². The summed E-state index contributed by atoms with van der Waals surface area (Å²) in [4.78, 5) is 9.15. The molecule has 2 heterocycles. The number of hydrogen-bond donors (Lipinski definition) is 3. The number of fused-ring (bicyclic) bond motifs is 1. The highest BCUT2D eigenvalue weighted by Crippen LogP contribution is 2.27. The van der Waals surface area contributed by atoms with Crippen LogP contribution < -0.4 is 20.1 Å². The van der Waals surface area contributed by atoms with Crippen molar-refractivity contribution >= 4 is 5.96 Å². The molecule has 1 unspecified atom stereocenters. The highest BCUT2D eigenvalue weighted by Gasteiger charge is 2.22. The molecule has 2 aromatic carbocycles. The molecule has 8 heteroatoms. The van der Waals surface area contributed by atoms with Crippen LogP contribution in [0.1, 0.15) is 18.3 Å². The number of nitrogens with one attached hydrogen (secondary N) is 3. The molecule has 0 spiro atoms. The van der Waals surface area contributed by atoms with E-state index in [0.717, 1.165) is 36.0 Å². The van der Waals surface area contributed by atoms with E-state index in [9.17, 15) is 0 Å². The monoisotopic (exact) mass is 406 g/mol. The maximum atomic E-state index is 5.98. The van der Waals surface area contributed by atoms with Crippen molar-refractivity contribution in [1.29, 1.82) is 0 Å². The van der Waals surface area contributed by atoms with Gasteiger partial charge in [0.2, 0.25) is 0 Å². The van der Waals surface area contributed by atoms with Gasteiger partial charge < -0.3 is 20.1 Å². The summed E-state index contributed by atoms with van der Waals surface area (Å²) in [6, 6.07) is 15.8. The topological polar surface area (TPSA) is 96.5 Å². The molecule has 3 aromatic rings. The molecular weight excluding hydrogens is 380 g/mol. The van der Waals surface area contributed by atoms with Gasteiger partial charge in [-0.1, -0.05) is 18.2 Å². The van der Waals surface area contributed by atoms with Crippen molar-refractivity contribution in [3.05, 3.63) is 59.9 Å². The Morgan fingerprint density at radius 3 is 2.80 bits per heavy atom. The Hall–Kier alpha value is -3.55. The zero-order valence-electron chi connectivity index (χ0n) is 17.2. The molecule has 30 heavy (non-hydrogen) atoms. The lowest BCUT2D eigenvalue weighted by atomic mass is 10.1. The zero-order chi connectivity index (χ0) is 20.8. The van der Waals surface area contributed by atoms with Crippen molar-refractivity contribution in [2.45, 2.75) is 26.0 Å². The normalized spacial score (nSPS) is 15.4. The van der Waals surface area contributed by atoms with E-state index in [0.29, 0.717) is 24.7 Å². The molecule has 8 nitrogen and oxygen atoms in total. The molecule has 4 rings (SSSR count). The molecule has 1 aromatic heterocycles. The van der Waals surface area contributed by atoms with E-state index in [-0.39, 0.29) is 6.10 Å². The van der Waals surface area contributed by atoms with Crippen LogP contribution in [0.4, 0.5) is 0 Å². The minimum Gasteiger partial charge on any atom is -0.497 e. The number of hydrogen-bond acceptors (Lipinski definition) is 5. The molecule has 0 radical (unpaired) electrons. The molecule has 0 aliphatic carbocycles. The number of rotatable bonds is 7. The quantitative estimate of drug-likeness (QED) is 0.412. The number of aliphatic imine (C=N–C) groups is 1. The van der Waals surface area contributed by atoms with Gasteiger partial charge in [-0.25, -0.2) is 9.98 Å². The lowest BCUT2D eigenvalue weighted by Gasteiger charge is -2.15. The van der Waals surface area contributed by atoms with E-state index in [1.54, 1.807) is 7.11 Å². The Labute approximate surface area is 175 Å². The number of nitrogens with zero attached hydrogens (tertiary/aromatic N) is 3. The Morgan fingerprint density at radius 2 is 2.03 bits per heavy atom. The molecule has 1 aliphatic heterocycles. The van der Waals surface area contributed by atoms with Crippen molar-refractivity contribution in [2.24, 2.45) is 4.99 Å². The summed E-state index contributed by atoms with van der Waals surface area (Å²) in [6.45, 7) is 3.87. The van der Waals surface area contributed by atoms with E-state index in [4.69, 9.17) is 9.47 Å². The first-order valence-corrected chi connectivity index (χ1v) is 10.1. The van der Waals surface area contributed by atoms with Crippen molar-refractivity contribution in [3.8, 4) is 22.9 Å². The summed E-state index contributed by atoms with van der Waals surface area (Å²) in [5.74, 6) is 3.83. The van der Waals surface area contributed by atoms with Gasteiger partial charge >= 0.3 is 0 Å². The smallest absolute Gasteiger partial charge is 0.191 e. The first kappa shape index (κ1) is 19.8. The third-order valence-electron chi connectivity index (χ3n) is 4.82. The first-order valence-electron chi connectivity index (χ1n) is 10.1. The predicted octanol–water partition coefficient (Wildman–Crippen LogP) is 2.54. The molecule has 1 aliphatic rings. The van der Waals surface area contributed by atoms with Crippen LogP contribution in [0, 0.1) is 0 Å². The number of aromatic amines is 1. The van der Waals surface area contributed by atoms with Gasteiger partial charge in [-0.05, 0) is 42.8 Å². The van der Waals surface area contributed by atoms with Crippen LogP contribution in [0.3, 0.4) is 0 Å². The number of benzene rings is 2. The number of H-pyrrole nitrogens is 1. The lowest BCUT2D eigenvalue weighted by Crippen LogP contribution is -2.42. The van der Waals surface area contributed by atoms with Crippen LogP contribution in [0.5, 0.6) is 11.5 Å². The molecule has 3 N–H and O–H groups in total. The maximum absolute atomic E-state index is 5.98. The van der Waals surface area contributed by atoms with Crippen molar-refractivity contribution in [2.75, 3.05) is 20.2 Å². The average molecular weight is 406 g/mol. The van der Waals surface area contributed by atoms with E-state index in [2.05, 4.69) is 36.9 Å². The fraction of sp³-hybridized carbons (Fsp3) is 0.318. The van der Waals surface area contributed by atoms with Crippen LogP contribution in [0.15, 0.2) is 53.5 Å². The molecule has 1 atom stereocenters. The van der Waals surface area contributed by atoms with Gasteiger partial charge in [0.05, 0.1) is 13.7 Å². The number of guanidine groups is 1. The van der Waals surface area contributed by atoms with Gasteiger partial charge in [0.15, 0.2) is 11.8 Å². The first-order chi connectivity index (χ1) is 14.7. The SMILES string of the molecule is CCNC(=NCc1nc(-c2ccc(OC)cc2)n[nH]1)NCC1Cc2ccccc2O1. The summed E-state index contributed by atoms with van der Waals surface area (Å²) in [7, 11) is 1.64. The van der Waals surface area contributed by atoms with Gasteiger partial charge in [0, 0.05) is 18.5 Å². The zero-order valence-corrected chi connectivity index (χ0v) is 17.2. The van der Waals surface area contributed by atoms with E-state index in [1.165, 1.54) is 5.56 Å². The van der Waals surface area contributed by atoms with Gasteiger partial charge in [0.1, 0.15) is 30.0 Å². The number of para-hydroxylation sites is 1. The average Bonchev–Trinajstić information content (AvgIpc) is 3.42. The second-order valence-electron chi connectivity index (χ2n) is 6.96. The minimum atomic E-state index is 0.0956. The Morgan fingerprint density at radius 1 is 1.20 bits per heavy atom. The predicted molar refractivity (Wildman–Crippen MR) is 116 cm³/mol. The molecule has 0 fully saturated rings.